The molecule has 0 atom stereocenters. The van der Waals surface area contributed by atoms with Crippen LogP contribution >= 0.6 is 11.8 Å². The highest BCUT2D eigenvalue weighted by Gasteiger charge is 2.11. The first-order valence-corrected chi connectivity index (χ1v) is 8.03. The van der Waals surface area contributed by atoms with Crippen molar-refractivity contribution in [2.45, 2.75) is 10.9 Å². The van der Waals surface area contributed by atoms with Crippen molar-refractivity contribution in [3.05, 3.63) is 65.7 Å². The van der Waals surface area contributed by atoms with Gasteiger partial charge < -0.3 is 9.67 Å². The Kier molecular flexibility index (Phi) is 4.43. The Morgan fingerprint density at radius 2 is 1.78 bits per heavy atom. The van der Waals surface area contributed by atoms with Crippen molar-refractivity contribution in [1.82, 2.24) is 14.8 Å². The molecule has 0 fully saturated rings. The van der Waals surface area contributed by atoms with Crippen molar-refractivity contribution in [1.29, 1.82) is 0 Å². The zero-order valence-electron chi connectivity index (χ0n) is 12.5. The van der Waals surface area contributed by atoms with E-state index in [2.05, 4.69) is 10.2 Å². The molecule has 0 saturated heterocycles. The monoisotopic (exact) mass is 325 g/mol. The van der Waals surface area contributed by atoms with Crippen molar-refractivity contribution in [3.63, 3.8) is 0 Å². The number of nitrogens with zero attached hydrogens (tertiary/aromatic N) is 3. The van der Waals surface area contributed by atoms with Crippen LogP contribution in [0.15, 0.2) is 59.8 Å². The minimum atomic E-state index is -0.912. The molecule has 6 heteroatoms. The highest BCUT2D eigenvalue weighted by atomic mass is 32.2. The number of carboxylic acids is 1. The third-order valence-electron chi connectivity index (χ3n) is 3.44. The summed E-state index contributed by atoms with van der Waals surface area (Å²) in [6.45, 7) is 0. The normalized spacial score (nSPS) is 10.7. The largest absolute Gasteiger partial charge is 0.478 e. The summed E-state index contributed by atoms with van der Waals surface area (Å²) >= 11 is 1.57. The first kappa shape index (κ1) is 15.3. The molecule has 0 aliphatic carbocycles. The topological polar surface area (TPSA) is 68.0 Å². The van der Waals surface area contributed by atoms with Crippen molar-refractivity contribution < 1.29 is 9.90 Å². The van der Waals surface area contributed by atoms with Crippen LogP contribution in [0.25, 0.3) is 11.4 Å². The standard InChI is InChI=1S/C17H15N3O2S/c1-20-15(13-5-3-2-4-6-13)18-19-17(20)23-11-12-7-9-14(10-8-12)16(21)22/h2-10H,11H2,1H3,(H,21,22). The number of carboxylic acid groups (broad SMARTS) is 1. The number of benzene rings is 2. The maximum Gasteiger partial charge on any atom is 0.335 e. The number of carbonyl (C=O) groups is 1. The SMILES string of the molecule is Cn1c(SCc2ccc(C(=O)O)cc2)nnc1-c1ccccc1. The second-order valence-corrected chi connectivity index (χ2v) is 5.96. The van der Waals surface area contributed by atoms with Crippen LogP contribution in [0.4, 0.5) is 0 Å². The molecule has 0 aliphatic rings. The molecule has 5 nitrogen and oxygen atoms in total. The van der Waals surface area contributed by atoms with Crippen LogP contribution in [-0.2, 0) is 12.8 Å². The Morgan fingerprint density at radius 1 is 1.09 bits per heavy atom. The molecule has 0 bridgehead atoms. The van der Waals surface area contributed by atoms with Crippen LogP contribution in [0.3, 0.4) is 0 Å². The van der Waals surface area contributed by atoms with Gasteiger partial charge in [-0.05, 0) is 17.7 Å². The van der Waals surface area contributed by atoms with Gasteiger partial charge in [-0.3, -0.25) is 0 Å². The number of aromatic carboxylic acids is 1. The molecule has 1 aromatic heterocycles. The van der Waals surface area contributed by atoms with E-state index in [9.17, 15) is 4.79 Å². The second kappa shape index (κ2) is 6.66. The van der Waals surface area contributed by atoms with Gasteiger partial charge in [0.1, 0.15) is 0 Å². The van der Waals surface area contributed by atoms with Crippen LogP contribution in [0, 0.1) is 0 Å². The zero-order chi connectivity index (χ0) is 16.2. The predicted molar refractivity (Wildman–Crippen MR) is 89.4 cm³/mol. The number of thioether (sulfide) groups is 1. The Hall–Kier alpha value is -2.60. The average Bonchev–Trinajstić information content (AvgIpc) is 2.95. The van der Waals surface area contributed by atoms with Crippen molar-refractivity contribution in [2.75, 3.05) is 0 Å². The van der Waals surface area contributed by atoms with E-state index >= 15 is 0 Å². The third kappa shape index (κ3) is 3.43. The second-order valence-electron chi connectivity index (χ2n) is 5.02. The smallest absolute Gasteiger partial charge is 0.335 e. The molecular weight excluding hydrogens is 310 g/mol. The minimum Gasteiger partial charge on any atom is -0.478 e. The minimum absolute atomic E-state index is 0.295. The fourth-order valence-corrected chi connectivity index (χ4v) is 3.04. The summed E-state index contributed by atoms with van der Waals surface area (Å²) < 4.78 is 1.96. The van der Waals surface area contributed by atoms with Crippen molar-refractivity contribution >= 4 is 17.7 Å². The van der Waals surface area contributed by atoms with Gasteiger partial charge in [0, 0.05) is 18.4 Å². The lowest BCUT2D eigenvalue weighted by Crippen LogP contribution is -1.96. The number of hydrogen-bond donors (Lipinski definition) is 1. The van der Waals surface area contributed by atoms with E-state index in [1.807, 2.05) is 54.1 Å². The highest BCUT2D eigenvalue weighted by molar-refractivity contribution is 7.98. The summed E-state index contributed by atoms with van der Waals surface area (Å²) in [6, 6.07) is 16.8. The van der Waals surface area contributed by atoms with E-state index in [0.717, 1.165) is 22.1 Å². The quantitative estimate of drug-likeness (QED) is 0.728. The van der Waals surface area contributed by atoms with E-state index in [4.69, 9.17) is 5.11 Å². The molecule has 0 saturated carbocycles. The lowest BCUT2D eigenvalue weighted by Gasteiger charge is -2.04. The molecular formula is C17H15N3O2S. The molecule has 1 heterocycles. The molecule has 0 unspecified atom stereocenters. The maximum atomic E-state index is 10.8. The molecule has 0 aliphatic heterocycles. The van der Waals surface area contributed by atoms with Gasteiger partial charge in [-0.25, -0.2) is 4.79 Å². The molecule has 3 aromatic rings. The maximum absolute atomic E-state index is 10.8. The summed E-state index contributed by atoms with van der Waals surface area (Å²) in [5.41, 5.74) is 2.37. The number of hydrogen-bond acceptors (Lipinski definition) is 4. The first-order chi connectivity index (χ1) is 11.1. The predicted octanol–water partition coefficient (Wildman–Crippen LogP) is 3.47. The van der Waals surface area contributed by atoms with Gasteiger partial charge in [-0.1, -0.05) is 54.2 Å². The van der Waals surface area contributed by atoms with Crippen LogP contribution in [0.1, 0.15) is 15.9 Å². The van der Waals surface area contributed by atoms with Crippen molar-refractivity contribution in [3.8, 4) is 11.4 Å². The molecule has 23 heavy (non-hydrogen) atoms. The van der Waals surface area contributed by atoms with E-state index in [-0.39, 0.29) is 0 Å². The molecule has 0 amide bonds. The summed E-state index contributed by atoms with van der Waals surface area (Å²) in [7, 11) is 1.94. The summed E-state index contributed by atoms with van der Waals surface area (Å²) in [5.74, 6) is 0.625. The Bertz CT molecular complexity index is 814. The molecule has 1 N–H and O–H groups in total. The van der Waals surface area contributed by atoms with E-state index in [0.29, 0.717) is 11.3 Å². The highest BCUT2D eigenvalue weighted by Crippen LogP contribution is 2.25. The lowest BCUT2D eigenvalue weighted by molar-refractivity contribution is 0.0697. The Labute approximate surface area is 138 Å². The van der Waals surface area contributed by atoms with Gasteiger partial charge >= 0.3 is 5.97 Å². The van der Waals surface area contributed by atoms with Gasteiger partial charge in [0.05, 0.1) is 5.56 Å². The van der Waals surface area contributed by atoms with Gasteiger partial charge in [-0.2, -0.15) is 0 Å². The summed E-state index contributed by atoms with van der Waals surface area (Å²) in [4.78, 5) is 10.8. The zero-order valence-corrected chi connectivity index (χ0v) is 13.3. The van der Waals surface area contributed by atoms with Crippen molar-refractivity contribution in [2.24, 2.45) is 7.05 Å². The lowest BCUT2D eigenvalue weighted by atomic mass is 10.1. The molecule has 0 radical (unpaired) electrons. The van der Waals surface area contributed by atoms with Gasteiger partial charge in [-0.15, -0.1) is 10.2 Å². The van der Waals surface area contributed by atoms with E-state index in [1.54, 1.807) is 23.9 Å². The fourth-order valence-electron chi connectivity index (χ4n) is 2.17. The van der Waals surface area contributed by atoms with E-state index in [1.165, 1.54) is 0 Å². The summed E-state index contributed by atoms with van der Waals surface area (Å²) in [5, 5.41) is 18.2. The van der Waals surface area contributed by atoms with Gasteiger partial charge in [0.25, 0.3) is 0 Å². The molecule has 116 valence electrons. The van der Waals surface area contributed by atoms with Crippen LogP contribution in [-0.4, -0.2) is 25.8 Å². The first-order valence-electron chi connectivity index (χ1n) is 7.05. The third-order valence-corrected chi connectivity index (χ3v) is 4.53. The van der Waals surface area contributed by atoms with Gasteiger partial charge in [0.2, 0.25) is 0 Å². The molecule has 3 rings (SSSR count). The van der Waals surface area contributed by atoms with Crippen LogP contribution in [0.2, 0.25) is 0 Å². The van der Waals surface area contributed by atoms with E-state index < -0.39 is 5.97 Å². The summed E-state index contributed by atoms with van der Waals surface area (Å²) in [6.07, 6.45) is 0. The number of aromatic nitrogens is 3. The fraction of sp³-hybridized carbons (Fsp3) is 0.118. The molecule has 2 aromatic carbocycles. The van der Waals surface area contributed by atoms with Crippen LogP contribution < -0.4 is 0 Å². The number of rotatable bonds is 5. The Morgan fingerprint density at radius 3 is 2.43 bits per heavy atom. The van der Waals surface area contributed by atoms with Crippen LogP contribution in [0.5, 0.6) is 0 Å². The molecule has 0 spiro atoms. The van der Waals surface area contributed by atoms with Gasteiger partial charge in [0.15, 0.2) is 11.0 Å². The average molecular weight is 325 g/mol. The Balaban J connectivity index is 1.72.